The number of aliphatic hydroxyl groups excluding tert-OH is 1. The Labute approximate surface area is 213 Å². The van der Waals surface area contributed by atoms with Crippen LogP contribution in [-0.2, 0) is 11.8 Å². The highest BCUT2D eigenvalue weighted by molar-refractivity contribution is 5.97. The number of hydrogen-bond donors (Lipinski definition) is 4. The van der Waals surface area contributed by atoms with E-state index in [2.05, 4.69) is 20.6 Å². The highest BCUT2D eigenvalue weighted by Gasteiger charge is 2.38. The fraction of sp³-hybridized carbons (Fsp3) is 0.600. The van der Waals surface area contributed by atoms with Gasteiger partial charge < -0.3 is 35.5 Å². The Hall–Kier alpha value is -2.83. The highest BCUT2D eigenvalue weighted by Crippen LogP contribution is 2.33. The van der Waals surface area contributed by atoms with Crippen LogP contribution in [0.4, 0.5) is 18.9 Å². The summed E-state index contributed by atoms with van der Waals surface area (Å²) in [6, 6.07) is 3.89. The first-order valence-corrected chi connectivity index (χ1v) is 12.6. The number of alkyl halides is 3. The van der Waals surface area contributed by atoms with Crippen molar-refractivity contribution in [2.75, 3.05) is 19.8 Å². The number of aryl methyl sites for hydroxylation is 1. The number of aliphatic imine (C=N–C) groups is 1. The van der Waals surface area contributed by atoms with Crippen LogP contribution < -0.4 is 21.1 Å². The van der Waals surface area contributed by atoms with Gasteiger partial charge in [-0.05, 0) is 44.6 Å². The normalized spacial score (nSPS) is 24.5. The Kier molecular flexibility index (Phi) is 8.93. The van der Waals surface area contributed by atoms with E-state index >= 15 is 0 Å². The molecule has 2 heterocycles. The number of aliphatic hydroxyl groups is 1. The van der Waals surface area contributed by atoms with E-state index in [1.54, 1.807) is 18.6 Å². The molecular formula is C25H35F3N6O3. The number of amidine groups is 1. The zero-order chi connectivity index (χ0) is 26.4. The largest absolute Gasteiger partial charge is 0.490 e. The van der Waals surface area contributed by atoms with E-state index in [4.69, 9.17) is 15.2 Å². The summed E-state index contributed by atoms with van der Waals surface area (Å²) in [5.74, 6) is 0.953. The van der Waals surface area contributed by atoms with Crippen molar-refractivity contribution in [3.63, 3.8) is 0 Å². The van der Waals surface area contributed by atoms with Crippen molar-refractivity contribution in [1.29, 1.82) is 0 Å². The summed E-state index contributed by atoms with van der Waals surface area (Å²) in [6.45, 7) is 0.968. The van der Waals surface area contributed by atoms with Crippen molar-refractivity contribution < 1.29 is 27.8 Å². The van der Waals surface area contributed by atoms with E-state index in [-0.39, 0.29) is 18.2 Å². The molecule has 1 aliphatic heterocycles. The lowest BCUT2D eigenvalue weighted by Gasteiger charge is -2.30. The molecule has 0 radical (unpaired) electrons. The first-order valence-electron chi connectivity index (χ1n) is 12.6. The van der Waals surface area contributed by atoms with Gasteiger partial charge in [-0.25, -0.2) is 9.98 Å². The molecule has 2 atom stereocenters. The van der Waals surface area contributed by atoms with Crippen LogP contribution in [0.3, 0.4) is 0 Å². The first kappa shape index (κ1) is 27.2. The Morgan fingerprint density at radius 1 is 1.30 bits per heavy atom. The molecule has 4 rings (SSSR count). The predicted octanol–water partition coefficient (Wildman–Crippen LogP) is 3.05. The van der Waals surface area contributed by atoms with Crippen molar-refractivity contribution in [2.45, 2.75) is 69.0 Å². The van der Waals surface area contributed by atoms with E-state index in [1.807, 2.05) is 23.7 Å². The Morgan fingerprint density at radius 2 is 2.08 bits per heavy atom. The van der Waals surface area contributed by atoms with Crippen LogP contribution in [0.2, 0.25) is 0 Å². The monoisotopic (exact) mass is 524 g/mol. The first-order chi connectivity index (χ1) is 17.7. The topological polar surface area (TPSA) is 119 Å². The quantitative estimate of drug-likeness (QED) is 0.294. The number of benzene rings is 1. The minimum absolute atomic E-state index is 0.0766. The van der Waals surface area contributed by atoms with Crippen molar-refractivity contribution in [2.24, 2.45) is 17.8 Å². The molecule has 37 heavy (non-hydrogen) atoms. The van der Waals surface area contributed by atoms with Gasteiger partial charge in [-0.1, -0.05) is 0 Å². The molecule has 1 aromatic carbocycles. The number of ether oxygens (including phenoxy) is 2. The molecule has 1 saturated carbocycles. The number of rotatable bonds is 9. The molecule has 2 aromatic rings. The summed E-state index contributed by atoms with van der Waals surface area (Å²) in [7, 11) is 1.89. The highest BCUT2D eigenvalue weighted by atomic mass is 19.4. The summed E-state index contributed by atoms with van der Waals surface area (Å²) < 4.78 is 51.2. The third-order valence-electron chi connectivity index (χ3n) is 6.73. The molecule has 1 aromatic heterocycles. The van der Waals surface area contributed by atoms with Gasteiger partial charge in [0.2, 0.25) is 0 Å². The van der Waals surface area contributed by atoms with Crippen LogP contribution in [0.25, 0.3) is 11.0 Å². The zero-order valence-corrected chi connectivity index (χ0v) is 20.9. The van der Waals surface area contributed by atoms with E-state index < -0.39 is 18.8 Å². The maximum absolute atomic E-state index is 12.5. The van der Waals surface area contributed by atoms with E-state index in [9.17, 15) is 18.3 Å². The second-order valence-corrected chi connectivity index (χ2v) is 9.67. The molecule has 5 N–H and O–H groups in total. The van der Waals surface area contributed by atoms with Crippen LogP contribution >= 0.6 is 0 Å². The van der Waals surface area contributed by atoms with Gasteiger partial charge in [0.1, 0.15) is 17.1 Å². The Balaban J connectivity index is 1.37. The lowest BCUT2D eigenvalue weighted by atomic mass is 9.93. The minimum Gasteiger partial charge on any atom is -0.490 e. The molecule has 0 bridgehead atoms. The molecule has 204 valence electrons. The van der Waals surface area contributed by atoms with Gasteiger partial charge in [0.25, 0.3) is 0 Å². The number of nitrogens with one attached hydrogen (secondary N) is 2. The molecule has 0 unspecified atom stereocenters. The Bertz CT molecular complexity index is 1090. The number of nitrogens with two attached hydrogens (primary N) is 1. The molecule has 2 fully saturated rings. The second kappa shape index (κ2) is 12.1. The molecule has 1 saturated heterocycles. The van der Waals surface area contributed by atoms with Gasteiger partial charge in [0.05, 0.1) is 30.2 Å². The third kappa shape index (κ3) is 7.59. The van der Waals surface area contributed by atoms with Crippen LogP contribution in [0, 0.1) is 0 Å². The van der Waals surface area contributed by atoms with Gasteiger partial charge in [-0.2, -0.15) is 13.2 Å². The number of fused-ring (bicyclic) bond motifs is 1. The fourth-order valence-corrected chi connectivity index (χ4v) is 4.63. The minimum atomic E-state index is -4.61. The number of aromatic nitrogens is 2. The average molecular weight is 525 g/mol. The van der Waals surface area contributed by atoms with Gasteiger partial charge in [-0.15, -0.1) is 0 Å². The summed E-state index contributed by atoms with van der Waals surface area (Å²) in [4.78, 5) is 9.02. The van der Waals surface area contributed by atoms with Crippen LogP contribution in [-0.4, -0.2) is 70.7 Å². The predicted molar refractivity (Wildman–Crippen MR) is 135 cm³/mol. The summed E-state index contributed by atoms with van der Waals surface area (Å²) in [6.07, 6.45) is 2.91. The molecule has 1 aliphatic carbocycles. The van der Waals surface area contributed by atoms with E-state index in [0.29, 0.717) is 55.1 Å². The maximum atomic E-state index is 12.5. The molecule has 0 amide bonds. The summed E-state index contributed by atoms with van der Waals surface area (Å²) in [5.41, 5.74) is 8.31. The number of nitrogens with zero attached hydrogens (tertiary/aromatic N) is 3. The average Bonchev–Trinajstić information content (AvgIpc) is 3.24. The van der Waals surface area contributed by atoms with Crippen molar-refractivity contribution in [3.8, 4) is 5.75 Å². The number of halogens is 3. The van der Waals surface area contributed by atoms with E-state index in [1.165, 1.54) is 0 Å². The van der Waals surface area contributed by atoms with Crippen LogP contribution in [0.15, 0.2) is 35.7 Å². The zero-order valence-electron chi connectivity index (χ0n) is 20.9. The molecule has 12 heteroatoms. The van der Waals surface area contributed by atoms with Gasteiger partial charge in [0.15, 0.2) is 6.10 Å². The second-order valence-electron chi connectivity index (χ2n) is 9.67. The molecule has 0 spiro atoms. The number of hydrogen-bond acceptors (Lipinski definition) is 7. The van der Waals surface area contributed by atoms with E-state index in [0.717, 1.165) is 25.0 Å². The SMILES string of the molecule is Cn1cnc2c(N=C(N)/C=C\N[C@H]3CCCOC3)cc(OC3CCC(NC[C@@H](O)C(F)(F)F)CC3)cc21. The van der Waals surface area contributed by atoms with Gasteiger partial charge in [0, 0.05) is 50.6 Å². The fourth-order valence-electron chi connectivity index (χ4n) is 4.63. The third-order valence-corrected chi connectivity index (χ3v) is 6.73. The summed E-state index contributed by atoms with van der Waals surface area (Å²) >= 11 is 0. The molecule has 9 nitrogen and oxygen atoms in total. The van der Waals surface area contributed by atoms with Crippen molar-refractivity contribution in [3.05, 3.63) is 30.7 Å². The van der Waals surface area contributed by atoms with Gasteiger partial charge >= 0.3 is 6.18 Å². The number of imidazole rings is 1. The van der Waals surface area contributed by atoms with Gasteiger partial charge in [-0.3, -0.25) is 0 Å². The summed E-state index contributed by atoms with van der Waals surface area (Å²) in [5, 5.41) is 15.3. The Morgan fingerprint density at radius 3 is 2.78 bits per heavy atom. The molecule has 2 aliphatic rings. The van der Waals surface area contributed by atoms with Crippen LogP contribution in [0.5, 0.6) is 5.75 Å². The smallest absolute Gasteiger partial charge is 0.415 e. The molecular weight excluding hydrogens is 489 g/mol. The van der Waals surface area contributed by atoms with Crippen LogP contribution in [0.1, 0.15) is 38.5 Å². The lowest BCUT2D eigenvalue weighted by Crippen LogP contribution is -2.44. The van der Waals surface area contributed by atoms with Crippen molar-refractivity contribution >= 4 is 22.6 Å². The van der Waals surface area contributed by atoms with Crippen molar-refractivity contribution in [1.82, 2.24) is 20.2 Å². The maximum Gasteiger partial charge on any atom is 0.415 e. The lowest BCUT2D eigenvalue weighted by molar-refractivity contribution is -0.202. The standard InChI is InChI=1S/C25H35F3N6O3/c1-34-15-32-24-20(33-23(29)8-9-30-17-3-2-10-36-14-17)11-19(12-21(24)34)37-18-6-4-16(5-7-18)31-13-22(35)25(26,27)28/h8-9,11-12,15-18,22,30-31,35H,2-7,10,13-14H2,1H3,(H2,29,33)/b9-8-/t16?,17-,18?,22+/m0/s1.